The number of benzene rings is 2. The number of hydrogen-bond donors (Lipinski definition) is 3. The maximum atomic E-state index is 12.2. The van der Waals surface area contributed by atoms with Crippen molar-refractivity contribution in [1.29, 1.82) is 5.26 Å². The van der Waals surface area contributed by atoms with Gasteiger partial charge in [0.2, 0.25) is 11.6 Å². The van der Waals surface area contributed by atoms with Crippen molar-refractivity contribution in [3.63, 3.8) is 0 Å². The van der Waals surface area contributed by atoms with E-state index in [2.05, 4.69) is 15.3 Å². The van der Waals surface area contributed by atoms with Crippen molar-refractivity contribution in [3.05, 3.63) is 101 Å². The minimum atomic E-state index is -0.923. The number of aromatic amines is 2. The average Bonchev–Trinajstić information content (AvgIpc) is 2.80. The molecule has 0 aliphatic rings. The molecule has 4 aromatic rings. The van der Waals surface area contributed by atoms with Crippen molar-refractivity contribution in [2.24, 2.45) is 0 Å². The van der Waals surface area contributed by atoms with Crippen LogP contribution in [-0.4, -0.2) is 30.1 Å². The van der Waals surface area contributed by atoms with Gasteiger partial charge in [-0.15, -0.1) is 10.2 Å². The minimum absolute atomic E-state index is 0.00368. The lowest BCUT2D eigenvalue weighted by atomic mass is 10.1. The van der Waals surface area contributed by atoms with Crippen molar-refractivity contribution >= 4 is 23.2 Å². The van der Waals surface area contributed by atoms with Gasteiger partial charge in [0.25, 0.3) is 11.1 Å². The van der Waals surface area contributed by atoms with Gasteiger partial charge >= 0.3 is 5.69 Å². The van der Waals surface area contributed by atoms with E-state index in [0.29, 0.717) is 5.56 Å². The first kappa shape index (κ1) is 22.8. The van der Waals surface area contributed by atoms with Gasteiger partial charge in [-0.25, -0.2) is 9.89 Å². The molecule has 0 bridgehead atoms. The van der Waals surface area contributed by atoms with Crippen LogP contribution in [-0.2, 0) is 6.42 Å². The summed E-state index contributed by atoms with van der Waals surface area (Å²) >= 11 is 12.6. The highest BCUT2D eigenvalue weighted by molar-refractivity contribution is 6.37. The van der Waals surface area contributed by atoms with E-state index >= 15 is 0 Å². The molecule has 0 aliphatic carbocycles. The highest BCUT2D eigenvalue weighted by Gasteiger charge is 2.16. The Labute approximate surface area is 199 Å². The highest BCUT2D eigenvalue weighted by atomic mass is 35.5. The van der Waals surface area contributed by atoms with Gasteiger partial charge in [0, 0.05) is 18.1 Å². The number of ether oxygens (including phenoxy) is 1. The summed E-state index contributed by atoms with van der Waals surface area (Å²) < 4.78 is 6.43. The van der Waals surface area contributed by atoms with Crippen molar-refractivity contribution < 1.29 is 9.84 Å². The second kappa shape index (κ2) is 9.22. The number of nitrogens with zero attached hydrogens (tertiary/aromatic N) is 4. The third-order valence-corrected chi connectivity index (χ3v) is 5.12. The van der Waals surface area contributed by atoms with Gasteiger partial charge in [-0.05, 0) is 29.8 Å². The summed E-state index contributed by atoms with van der Waals surface area (Å²) in [5, 5.41) is 28.2. The molecule has 0 fully saturated rings. The monoisotopic (exact) mass is 498 g/mol. The topological polar surface area (TPSA) is 167 Å². The summed E-state index contributed by atoms with van der Waals surface area (Å²) in [7, 11) is 0. The lowest BCUT2D eigenvalue weighted by Gasteiger charge is -2.12. The van der Waals surface area contributed by atoms with E-state index < -0.39 is 22.5 Å². The maximum Gasteiger partial charge on any atom is 0.349 e. The Morgan fingerprint density at radius 3 is 2.38 bits per heavy atom. The van der Waals surface area contributed by atoms with Crippen LogP contribution in [0, 0.1) is 11.3 Å². The summed E-state index contributed by atoms with van der Waals surface area (Å²) in [6.45, 7) is 0. The van der Waals surface area contributed by atoms with E-state index in [1.807, 2.05) is 4.98 Å². The lowest BCUT2D eigenvalue weighted by Crippen LogP contribution is -2.33. The molecule has 2 aromatic carbocycles. The summed E-state index contributed by atoms with van der Waals surface area (Å²) in [4.78, 5) is 37.8. The zero-order valence-corrected chi connectivity index (χ0v) is 18.4. The number of hydrogen-bond acceptors (Lipinski definition) is 8. The molecular formula is C21H12Cl2N6O5. The van der Waals surface area contributed by atoms with Crippen LogP contribution in [0.1, 0.15) is 16.8 Å². The fourth-order valence-electron chi connectivity index (χ4n) is 2.96. The standard InChI is InChI=1S/C21H12Cl2N6O5/c22-14-7-12(29-21(33)25-20(32)16(9-24)28-29)8-15(23)18(14)34-17-6-11(19(31)27-26-17)5-10-1-3-13(30)4-2-10/h1-4,6-8,30H,5H2,(H,27,31)(H,25,32,33). The molecule has 0 radical (unpaired) electrons. The molecule has 34 heavy (non-hydrogen) atoms. The predicted octanol–water partition coefficient (Wildman–Crippen LogP) is 2.27. The van der Waals surface area contributed by atoms with Gasteiger partial charge < -0.3 is 9.84 Å². The summed E-state index contributed by atoms with van der Waals surface area (Å²) in [5.41, 5.74) is -1.58. The van der Waals surface area contributed by atoms with Crippen LogP contribution in [0.5, 0.6) is 17.4 Å². The fraction of sp³-hybridized carbons (Fsp3) is 0.0476. The van der Waals surface area contributed by atoms with E-state index in [1.54, 1.807) is 18.2 Å². The number of phenolic OH excluding ortho intramolecular Hbond substituents is 1. The normalized spacial score (nSPS) is 10.6. The number of H-pyrrole nitrogens is 2. The van der Waals surface area contributed by atoms with Crippen LogP contribution in [0.15, 0.2) is 56.8 Å². The molecule has 0 saturated carbocycles. The predicted molar refractivity (Wildman–Crippen MR) is 121 cm³/mol. The Hall–Kier alpha value is -4.40. The quantitative estimate of drug-likeness (QED) is 0.376. The van der Waals surface area contributed by atoms with E-state index in [4.69, 9.17) is 33.2 Å². The number of nitriles is 1. The van der Waals surface area contributed by atoms with Gasteiger partial charge in [-0.3, -0.25) is 14.6 Å². The zero-order chi connectivity index (χ0) is 24.4. The van der Waals surface area contributed by atoms with Crippen LogP contribution >= 0.6 is 23.2 Å². The number of rotatable bonds is 5. The van der Waals surface area contributed by atoms with Crippen LogP contribution < -0.4 is 21.5 Å². The van der Waals surface area contributed by atoms with Crippen molar-refractivity contribution in [2.45, 2.75) is 6.42 Å². The molecule has 3 N–H and O–H groups in total. The number of aromatic nitrogens is 5. The largest absolute Gasteiger partial charge is 0.508 e. The first-order chi connectivity index (χ1) is 16.2. The second-order valence-electron chi connectivity index (χ2n) is 6.88. The van der Waals surface area contributed by atoms with Crippen LogP contribution in [0.3, 0.4) is 0 Å². The van der Waals surface area contributed by atoms with E-state index in [9.17, 15) is 19.5 Å². The molecule has 0 aliphatic heterocycles. The third-order valence-electron chi connectivity index (χ3n) is 4.56. The summed E-state index contributed by atoms with van der Waals surface area (Å²) in [5.74, 6) is 0.0866. The molecule has 0 amide bonds. The molecule has 170 valence electrons. The first-order valence-electron chi connectivity index (χ1n) is 9.42. The van der Waals surface area contributed by atoms with Crippen LogP contribution in [0.2, 0.25) is 10.0 Å². The van der Waals surface area contributed by atoms with Gasteiger partial charge in [0.1, 0.15) is 11.8 Å². The molecule has 11 nitrogen and oxygen atoms in total. The number of halogens is 2. The second-order valence-corrected chi connectivity index (χ2v) is 7.69. The molecule has 2 aromatic heterocycles. The van der Waals surface area contributed by atoms with Crippen molar-refractivity contribution in [3.8, 4) is 29.1 Å². The molecule has 13 heteroatoms. The SMILES string of the molecule is N#Cc1nn(-c2cc(Cl)c(Oc3cc(Cc4ccc(O)cc4)c(=O)[nH]n3)c(Cl)c2)c(=O)[nH]c1=O. The average molecular weight is 499 g/mol. The number of nitrogens with one attached hydrogen (secondary N) is 2. The summed E-state index contributed by atoms with van der Waals surface area (Å²) in [6.07, 6.45) is 0.247. The maximum absolute atomic E-state index is 12.2. The molecule has 0 atom stereocenters. The molecule has 0 saturated heterocycles. The Balaban J connectivity index is 1.66. The van der Waals surface area contributed by atoms with Gasteiger partial charge in [0.05, 0.1) is 15.7 Å². The zero-order valence-electron chi connectivity index (χ0n) is 16.9. The Kier molecular flexibility index (Phi) is 6.18. The molecule has 2 heterocycles. The molecule has 0 unspecified atom stereocenters. The van der Waals surface area contributed by atoms with Gasteiger partial charge in [0.15, 0.2) is 5.75 Å². The Bertz CT molecular complexity index is 1600. The smallest absolute Gasteiger partial charge is 0.349 e. The molecule has 4 rings (SSSR count). The first-order valence-corrected chi connectivity index (χ1v) is 10.2. The van der Waals surface area contributed by atoms with E-state index in [0.717, 1.165) is 10.2 Å². The summed E-state index contributed by atoms with van der Waals surface area (Å²) in [6, 6.07) is 11.9. The van der Waals surface area contributed by atoms with Crippen molar-refractivity contribution in [2.75, 3.05) is 0 Å². The van der Waals surface area contributed by atoms with E-state index in [1.165, 1.54) is 30.3 Å². The van der Waals surface area contributed by atoms with E-state index in [-0.39, 0.29) is 39.5 Å². The van der Waals surface area contributed by atoms with Gasteiger partial charge in [-0.1, -0.05) is 35.3 Å². The Morgan fingerprint density at radius 2 is 1.74 bits per heavy atom. The molecule has 0 spiro atoms. The lowest BCUT2D eigenvalue weighted by molar-refractivity contribution is 0.453. The van der Waals surface area contributed by atoms with Crippen LogP contribution in [0.25, 0.3) is 5.69 Å². The fourth-order valence-corrected chi connectivity index (χ4v) is 3.51. The number of aromatic hydroxyl groups is 1. The van der Waals surface area contributed by atoms with Crippen molar-refractivity contribution in [1.82, 2.24) is 25.0 Å². The Morgan fingerprint density at radius 1 is 1.06 bits per heavy atom. The highest BCUT2D eigenvalue weighted by Crippen LogP contribution is 2.37. The molecular weight excluding hydrogens is 487 g/mol. The minimum Gasteiger partial charge on any atom is -0.508 e. The third kappa shape index (κ3) is 4.68. The number of phenols is 1. The van der Waals surface area contributed by atoms with Gasteiger partial charge in [-0.2, -0.15) is 9.94 Å². The van der Waals surface area contributed by atoms with Crippen LogP contribution in [0.4, 0.5) is 0 Å².